The van der Waals surface area contributed by atoms with E-state index in [-0.39, 0.29) is 5.56 Å². The first-order chi connectivity index (χ1) is 7.70. The van der Waals surface area contributed by atoms with Gasteiger partial charge in [0.1, 0.15) is 5.82 Å². The van der Waals surface area contributed by atoms with Crippen molar-refractivity contribution in [1.29, 1.82) is 0 Å². The summed E-state index contributed by atoms with van der Waals surface area (Å²) in [5, 5.41) is 0.600. The molecule has 0 aliphatic carbocycles. The molecule has 0 aliphatic heterocycles. The standard InChI is InChI=1S/C12H11ClN2O/c1-2-11-14-10(7-12(16)15-11)8-5-3-4-6-9(8)13/h3-7H,2H2,1H3,(H,14,15,16). The van der Waals surface area contributed by atoms with Crippen LogP contribution in [0.5, 0.6) is 0 Å². The van der Waals surface area contributed by atoms with Crippen molar-refractivity contribution in [3.05, 3.63) is 51.5 Å². The van der Waals surface area contributed by atoms with Gasteiger partial charge in [0.05, 0.1) is 5.69 Å². The van der Waals surface area contributed by atoms with Crippen molar-refractivity contribution < 1.29 is 0 Å². The van der Waals surface area contributed by atoms with E-state index in [0.717, 1.165) is 5.56 Å². The van der Waals surface area contributed by atoms with Crippen LogP contribution in [-0.2, 0) is 6.42 Å². The fraction of sp³-hybridized carbons (Fsp3) is 0.167. The van der Waals surface area contributed by atoms with Gasteiger partial charge in [0.2, 0.25) is 0 Å². The summed E-state index contributed by atoms with van der Waals surface area (Å²) in [6.45, 7) is 1.94. The Morgan fingerprint density at radius 1 is 1.38 bits per heavy atom. The first kappa shape index (κ1) is 10.9. The number of halogens is 1. The summed E-state index contributed by atoms with van der Waals surface area (Å²) < 4.78 is 0. The molecule has 1 aromatic carbocycles. The second-order valence-electron chi connectivity index (χ2n) is 3.41. The van der Waals surface area contributed by atoms with Crippen molar-refractivity contribution >= 4 is 11.6 Å². The maximum atomic E-state index is 11.4. The summed E-state index contributed by atoms with van der Waals surface area (Å²) in [5.74, 6) is 0.669. The Morgan fingerprint density at radius 2 is 2.12 bits per heavy atom. The molecular weight excluding hydrogens is 224 g/mol. The summed E-state index contributed by atoms with van der Waals surface area (Å²) in [6, 6.07) is 8.81. The molecule has 0 unspecified atom stereocenters. The number of hydrogen-bond donors (Lipinski definition) is 1. The molecule has 0 bridgehead atoms. The molecule has 0 fully saturated rings. The van der Waals surface area contributed by atoms with Crippen molar-refractivity contribution in [3.8, 4) is 11.3 Å². The molecule has 2 aromatic rings. The maximum absolute atomic E-state index is 11.4. The van der Waals surface area contributed by atoms with Gasteiger partial charge in [-0.25, -0.2) is 4.98 Å². The van der Waals surface area contributed by atoms with E-state index in [1.54, 1.807) is 6.07 Å². The molecule has 2 rings (SSSR count). The zero-order valence-corrected chi connectivity index (χ0v) is 9.58. The van der Waals surface area contributed by atoms with Crippen molar-refractivity contribution in [2.75, 3.05) is 0 Å². The van der Waals surface area contributed by atoms with E-state index in [9.17, 15) is 4.79 Å². The zero-order chi connectivity index (χ0) is 11.5. The highest BCUT2D eigenvalue weighted by atomic mass is 35.5. The molecule has 0 saturated heterocycles. The molecule has 1 heterocycles. The van der Waals surface area contributed by atoms with Crippen LogP contribution in [0, 0.1) is 0 Å². The number of nitrogens with zero attached hydrogens (tertiary/aromatic N) is 1. The third-order valence-electron chi connectivity index (χ3n) is 2.28. The molecule has 0 saturated carbocycles. The van der Waals surface area contributed by atoms with Crippen LogP contribution in [0.4, 0.5) is 0 Å². The normalized spacial score (nSPS) is 10.4. The Kier molecular flexibility index (Phi) is 3.06. The van der Waals surface area contributed by atoms with E-state index < -0.39 is 0 Å². The highest BCUT2D eigenvalue weighted by Gasteiger charge is 2.06. The Labute approximate surface area is 98.1 Å². The topological polar surface area (TPSA) is 45.8 Å². The summed E-state index contributed by atoms with van der Waals surface area (Å²) in [4.78, 5) is 18.4. The van der Waals surface area contributed by atoms with Gasteiger partial charge < -0.3 is 4.98 Å². The van der Waals surface area contributed by atoms with Gasteiger partial charge in [-0.2, -0.15) is 0 Å². The van der Waals surface area contributed by atoms with Crippen molar-refractivity contribution in [2.45, 2.75) is 13.3 Å². The van der Waals surface area contributed by atoms with Gasteiger partial charge in [-0.1, -0.05) is 36.7 Å². The quantitative estimate of drug-likeness (QED) is 0.868. The lowest BCUT2D eigenvalue weighted by Gasteiger charge is -2.04. The van der Waals surface area contributed by atoms with Gasteiger partial charge in [0.15, 0.2) is 0 Å². The van der Waals surface area contributed by atoms with E-state index in [0.29, 0.717) is 23.0 Å². The molecule has 4 heteroatoms. The number of rotatable bonds is 2. The fourth-order valence-corrected chi connectivity index (χ4v) is 1.71. The average Bonchev–Trinajstić information content (AvgIpc) is 2.28. The smallest absolute Gasteiger partial charge is 0.251 e. The molecule has 82 valence electrons. The molecule has 1 aromatic heterocycles. The highest BCUT2D eigenvalue weighted by molar-refractivity contribution is 6.33. The molecular formula is C12H11ClN2O. The molecule has 0 radical (unpaired) electrons. The summed E-state index contributed by atoms with van der Waals surface area (Å²) in [7, 11) is 0. The van der Waals surface area contributed by atoms with Crippen LogP contribution >= 0.6 is 11.6 Å². The third-order valence-corrected chi connectivity index (χ3v) is 2.61. The Morgan fingerprint density at radius 3 is 2.81 bits per heavy atom. The number of H-pyrrole nitrogens is 1. The summed E-state index contributed by atoms with van der Waals surface area (Å²) >= 11 is 6.05. The predicted molar refractivity (Wildman–Crippen MR) is 64.7 cm³/mol. The van der Waals surface area contributed by atoms with Crippen molar-refractivity contribution in [1.82, 2.24) is 9.97 Å². The number of nitrogens with one attached hydrogen (secondary N) is 1. The number of hydrogen-bond acceptors (Lipinski definition) is 2. The van der Waals surface area contributed by atoms with Gasteiger partial charge in [-0.05, 0) is 6.07 Å². The van der Waals surface area contributed by atoms with E-state index in [4.69, 9.17) is 11.6 Å². The number of benzene rings is 1. The number of aromatic nitrogens is 2. The monoisotopic (exact) mass is 234 g/mol. The molecule has 1 N–H and O–H groups in total. The van der Waals surface area contributed by atoms with E-state index in [1.807, 2.05) is 25.1 Å². The van der Waals surface area contributed by atoms with Crippen molar-refractivity contribution in [3.63, 3.8) is 0 Å². The first-order valence-corrected chi connectivity index (χ1v) is 5.43. The van der Waals surface area contributed by atoms with Gasteiger partial charge in [0.25, 0.3) is 5.56 Å². The van der Waals surface area contributed by atoms with Crippen molar-refractivity contribution in [2.24, 2.45) is 0 Å². The van der Waals surface area contributed by atoms with Crippen LogP contribution in [0.2, 0.25) is 5.02 Å². The van der Waals surface area contributed by atoms with Crippen LogP contribution in [0.1, 0.15) is 12.7 Å². The molecule has 0 aliphatic rings. The second-order valence-corrected chi connectivity index (χ2v) is 3.82. The second kappa shape index (κ2) is 4.49. The number of aryl methyl sites for hydroxylation is 1. The Bertz CT molecular complexity index is 563. The summed E-state index contributed by atoms with van der Waals surface area (Å²) in [6.07, 6.45) is 0.688. The predicted octanol–water partition coefficient (Wildman–Crippen LogP) is 2.65. The van der Waals surface area contributed by atoms with Crippen LogP contribution in [0.15, 0.2) is 35.1 Å². The molecule has 0 amide bonds. The molecule has 3 nitrogen and oxygen atoms in total. The third kappa shape index (κ3) is 2.14. The highest BCUT2D eigenvalue weighted by Crippen LogP contribution is 2.24. The average molecular weight is 235 g/mol. The van der Waals surface area contributed by atoms with Gasteiger partial charge in [-0.15, -0.1) is 0 Å². The lowest BCUT2D eigenvalue weighted by molar-refractivity contribution is 0.924. The van der Waals surface area contributed by atoms with Crippen LogP contribution in [-0.4, -0.2) is 9.97 Å². The largest absolute Gasteiger partial charge is 0.311 e. The number of aromatic amines is 1. The lowest BCUT2D eigenvalue weighted by atomic mass is 10.1. The fourth-order valence-electron chi connectivity index (χ4n) is 1.48. The van der Waals surface area contributed by atoms with Gasteiger partial charge in [0, 0.05) is 23.1 Å². The van der Waals surface area contributed by atoms with Gasteiger partial charge >= 0.3 is 0 Å². The molecule has 0 atom stereocenters. The minimum atomic E-state index is -0.151. The van der Waals surface area contributed by atoms with E-state index >= 15 is 0 Å². The minimum Gasteiger partial charge on any atom is -0.311 e. The summed E-state index contributed by atoms with van der Waals surface area (Å²) in [5.41, 5.74) is 1.25. The van der Waals surface area contributed by atoms with E-state index in [1.165, 1.54) is 6.07 Å². The molecule has 0 spiro atoms. The van der Waals surface area contributed by atoms with Gasteiger partial charge in [-0.3, -0.25) is 4.79 Å². The zero-order valence-electron chi connectivity index (χ0n) is 8.83. The van der Waals surface area contributed by atoms with E-state index in [2.05, 4.69) is 9.97 Å². The van der Waals surface area contributed by atoms with Crippen LogP contribution in [0.25, 0.3) is 11.3 Å². The SMILES string of the molecule is CCc1nc(-c2ccccc2Cl)cc(=O)[nH]1. The first-order valence-electron chi connectivity index (χ1n) is 5.06. The lowest BCUT2D eigenvalue weighted by Crippen LogP contribution is -2.10. The Balaban J connectivity index is 2.60. The maximum Gasteiger partial charge on any atom is 0.251 e. The minimum absolute atomic E-state index is 0.151. The van der Waals surface area contributed by atoms with Crippen LogP contribution in [0.3, 0.4) is 0 Å². The Hall–Kier alpha value is -1.61. The van der Waals surface area contributed by atoms with Crippen LogP contribution < -0.4 is 5.56 Å². The molecule has 16 heavy (non-hydrogen) atoms.